The van der Waals surface area contributed by atoms with Crippen molar-refractivity contribution >= 4 is 17.5 Å². The maximum absolute atomic E-state index is 12.7. The van der Waals surface area contributed by atoms with E-state index >= 15 is 0 Å². The zero-order chi connectivity index (χ0) is 20.1. The van der Waals surface area contributed by atoms with Crippen LogP contribution in [0.4, 0.5) is 5.69 Å². The van der Waals surface area contributed by atoms with E-state index in [1.165, 1.54) is 23.3 Å². The van der Waals surface area contributed by atoms with Crippen LogP contribution in [0.15, 0.2) is 54.6 Å². The third-order valence-corrected chi connectivity index (χ3v) is 5.25. The standard InChI is InChI=1S/C23H29N3O2/c1-17(19-12-13-19)26(15-18-8-5-4-6-9-18)16-22(27)24-21-11-7-10-20(14-21)23(28)25(2)3/h4-11,14,17,19H,12-13,15-16H2,1-3H3,(H,24,27). The summed E-state index contributed by atoms with van der Waals surface area (Å²) in [5.74, 6) is 0.541. The highest BCUT2D eigenvalue weighted by molar-refractivity contribution is 5.97. The first kappa shape index (κ1) is 20.1. The first-order chi connectivity index (χ1) is 13.4. The summed E-state index contributed by atoms with van der Waals surface area (Å²) in [5, 5.41) is 2.96. The minimum absolute atomic E-state index is 0.0575. The van der Waals surface area contributed by atoms with Crippen molar-refractivity contribution in [1.29, 1.82) is 0 Å². The summed E-state index contributed by atoms with van der Waals surface area (Å²) in [6.07, 6.45) is 2.48. The van der Waals surface area contributed by atoms with Gasteiger partial charge in [-0.2, -0.15) is 0 Å². The molecule has 5 heteroatoms. The number of anilines is 1. The number of amides is 2. The van der Waals surface area contributed by atoms with Crippen molar-refractivity contribution in [1.82, 2.24) is 9.80 Å². The highest BCUT2D eigenvalue weighted by Gasteiger charge is 2.32. The molecule has 0 radical (unpaired) electrons. The third kappa shape index (κ3) is 5.42. The summed E-state index contributed by atoms with van der Waals surface area (Å²) in [5.41, 5.74) is 2.42. The van der Waals surface area contributed by atoms with Gasteiger partial charge < -0.3 is 10.2 Å². The number of hydrogen-bond donors (Lipinski definition) is 1. The van der Waals surface area contributed by atoms with E-state index in [2.05, 4.69) is 29.3 Å². The van der Waals surface area contributed by atoms with Crippen molar-refractivity contribution in [2.75, 3.05) is 26.0 Å². The molecule has 2 aromatic carbocycles. The Morgan fingerprint density at radius 2 is 1.79 bits per heavy atom. The molecule has 3 rings (SSSR count). The van der Waals surface area contributed by atoms with E-state index in [4.69, 9.17) is 0 Å². The van der Waals surface area contributed by atoms with Crippen LogP contribution in [0.3, 0.4) is 0 Å². The van der Waals surface area contributed by atoms with Gasteiger partial charge in [-0.15, -0.1) is 0 Å². The monoisotopic (exact) mass is 379 g/mol. The quantitative estimate of drug-likeness (QED) is 0.762. The molecule has 148 valence electrons. The Kier molecular flexibility index (Phi) is 6.47. The molecule has 0 spiro atoms. The first-order valence-electron chi connectivity index (χ1n) is 9.83. The lowest BCUT2D eigenvalue weighted by Crippen LogP contribution is -2.40. The van der Waals surface area contributed by atoms with E-state index in [9.17, 15) is 9.59 Å². The van der Waals surface area contributed by atoms with Crippen molar-refractivity contribution in [3.8, 4) is 0 Å². The van der Waals surface area contributed by atoms with E-state index < -0.39 is 0 Å². The van der Waals surface area contributed by atoms with Crippen molar-refractivity contribution < 1.29 is 9.59 Å². The Labute approximate surface area is 167 Å². The number of rotatable bonds is 8. The van der Waals surface area contributed by atoms with Gasteiger partial charge in [0.05, 0.1) is 6.54 Å². The Hall–Kier alpha value is -2.66. The Balaban J connectivity index is 1.66. The molecule has 1 atom stereocenters. The number of benzene rings is 2. The zero-order valence-corrected chi connectivity index (χ0v) is 16.9. The fourth-order valence-corrected chi connectivity index (χ4v) is 3.41. The second kappa shape index (κ2) is 9.02. The normalized spacial score (nSPS) is 14.6. The second-order valence-corrected chi connectivity index (χ2v) is 7.80. The van der Waals surface area contributed by atoms with Crippen LogP contribution in [0.25, 0.3) is 0 Å². The van der Waals surface area contributed by atoms with Gasteiger partial charge in [-0.25, -0.2) is 0 Å². The fourth-order valence-electron chi connectivity index (χ4n) is 3.41. The first-order valence-corrected chi connectivity index (χ1v) is 9.83. The predicted octanol–water partition coefficient (Wildman–Crippen LogP) is 3.63. The molecule has 1 aliphatic carbocycles. The summed E-state index contributed by atoms with van der Waals surface area (Å²) in [6, 6.07) is 17.7. The Bertz CT molecular complexity index is 816. The van der Waals surface area contributed by atoms with Crippen molar-refractivity contribution in [3.05, 3.63) is 65.7 Å². The molecule has 5 nitrogen and oxygen atoms in total. The van der Waals surface area contributed by atoms with Crippen LogP contribution in [0.2, 0.25) is 0 Å². The summed E-state index contributed by atoms with van der Waals surface area (Å²) in [7, 11) is 3.43. The smallest absolute Gasteiger partial charge is 0.253 e. The molecular formula is C23H29N3O2. The average Bonchev–Trinajstić information content (AvgIpc) is 3.52. The van der Waals surface area contributed by atoms with Crippen molar-refractivity contribution in [2.24, 2.45) is 5.92 Å². The lowest BCUT2D eigenvalue weighted by Gasteiger charge is -2.28. The number of nitrogens with one attached hydrogen (secondary N) is 1. The number of carbonyl (C=O) groups is 2. The van der Waals surface area contributed by atoms with Crippen LogP contribution in [0, 0.1) is 5.92 Å². The van der Waals surface area contributed by atoms with Gasteiger partial charge in [-0.05, 0) is 49.4 Å². The lowest BCUT2D eigenvalue weighted by molar-refractivity contribution is -0.118. The van der Waals surface area contributed by atoms with Gasteiger partial charge in [0, 0.05) is 37.9 Å². The van der Waals surface area contributed by atoms with E-state index in [-0.39, 0.29) is 11.8 Å². The number of hydrogen-bond acceptors (Lipinski definition) is 3. The van der Waals surface area contributed by atoms with Gasteiger partial charge in [0.25, 0.3) is 5.91 Å². The van der Waals surface area contributed by atoms with Gasteiger partial charge in [0.2, 0.25) is 5.91 Å². The largest absolute Gasteiger partial charge is 0.345 e. The number of carbonyl (C=O) groups excluding carboxylic acids is 2. The molecule has 2 amide bonds. The predicted molar refractivity (Wildman–Crippen MR) is 112 cm³/mol. The SMILES string of the molecule is CC(C1CC1)N(CC(=O)Nc1cccc(C(=O)N(C)C)c1)Cc1ccccc1. The number of nitrogens with zero attached hydrogens (tertiary/aromatic N) is 2. The van der Waals surface area contributed by atoms with Crippen LogP contribution in [0.1, 0.15) is 35.7 Å². The summed E-state index contributed by atoms with van der Waals surface area (Å²) in [4.78, 5) is 28.6. The van der Waals surface area contributed by atoms with Crippen LogP contribution in [-0.4, -0.2) is 48.3 Å². The van der Waals surface area contributed by atoms with E-state index in [1.54, 1.807) is 32.3 Å². The molecule has 0 aromatic heterocycles. The van der Waals surface area contributed by atoms with Gasteiger partial charge in [-0.3, -0.25) is 14.5 Å². The lowest BCUT2D eigenvalue weighted by atomic mass is 10.1. The Morgan fingerprint density at radius 1 is 1.07 bits per heavy atom. The summed E-state index contributed by atoms with van der Waals surface area (Å²) in [6.45, 7) is 3.30. The van der Waals surface area contributed by atoms with Gasteiger partial charge in [0.1, 0.15) is 0 Å². The third-order valence-electron chi connectivity index (χ3n) is 5.25. The van der Waals surface area contributed by atoms with Crippen LogP contribution in [-0.2, 0) is 11.3 Å². The molecule has 1 unspecified atom stereocenters. The minimum Gasteiger partial charge on any atom is -0.345 e. The van der Waals surface area contributed by atoms with E-state index in [0.717, 1.165) is 6.54 Å². The molecule has 0 heterocycles. The molecule has 1 aliphatic rings. The molecular weight excluding hydrogens is 350 g/mol. The molecule has 1 saturated carbocycles. The molecule has 0 saturated heterocycles. The van der Waals surface area contributed by atoms with E-state index in [0.29, 0.717) is 29.8 Å². The molecule has 2 aromatic rings. The topological polar surface area (TPSA) is 52.7 Å². The highest BCUT2D eigenvalue weighted by atomic mass is 16.2. The van der Waals surface area contributed by atoms with Crippen molar-refractivity contribution in [2.45, 2.75) is 32.4 Å². The maximum Gasteiger partial charge on any atom is 0.253 e. The fraction of sp³-hybridized carbons (Fsp3) is 0.391. The average molecular weight is 380 g/mol. The van der Waals surface area contributed by atoms with Gasteiger partial charge in [0.15, 0.2) is 0 Å². The highest BCUT2D eigenvalue weighted by Crippen LogP contribution is 2.35. The summed E-state index contributed by atoms with van der Waals surface area (Å²) < 4.78 is 0. The zero-order valence-electron chi connectivity index (χ0n) is 16.9. The summed E-state index contributed by atoms with van der Waals surface area (Å²) >= 11 is 0. The second-order valence-electron chi connectivity index (χ2n) is 7.80. The molecule has 28 heavy (non-hydrogen) atoms. The van der Waals surface area contributed by atoms with Crippen molar-refractivity contribution in [3.63, 3.8) is 0 Å². The van der Waals surface area contributed by atoms with Crippen LogP contribution >= 0.6 is 0 Å². The molecule has 1 N–H and O–H groups in total. The molecule has 0 aliphatic heterocycles. The van der Waals surface area contributed by atoms with Gasteiger partial charge in [-0.1, -0.05) is 36.4 Å². The Morgan fingerprint density at radius 3 is 2.43 bits per heavy atom. The van der Waals surface area contributed by atoms with Crippen LogP contribution < -0.4 is 5.32 Å². The van der Waals surface area contributed by atoms with Crippen LogP contribution in [0.5, 0.6) is 0 Å². The molecule has 1 fully saturated rings. The van der Waals surface area contributed by atoms with Gasteiger partial charge >= 0.3 is 0 Å². The minimum atomic E-state index is -0.0795. The molecule has 0 bridgehead atoms. The van der Waals surface area contributed by atoms with E-state index in [1.807, 2.05) is 24.3 Å². The maximum atomic E-state index is 12.7.